The highest BCUT2D eigenvalue weighted by Gasteiger charge is 2.22. The third kappa shape index (κ3) is 3.22. The second kappa shape index (κ2) is 6.70. The summed E-state index contributed by atoms with van der Waals surface area (Å²) in [7, 11) is 0. The Balaban J connectivity index is 2.38. The quantitative estimate of drug-likeness (QED) is 0.733. The van der Waals surface area contributed by atoms with Crippen molar-refractivity contribution in [2.24, 2.45) is 0 Å². The summed E-state index contributed by atoms with van der Waals surface area (Å²) in [5, 5.41) is 11.9. The minimum absolute atomic E-state index is 0.0943. The Morgan fingerprint density at radius 2 is 1.88 bits per heavy atom. The van der Waals surface area contributed by atoms with E-state index in [2.05, 4.69) is 10.3 Å². The molecule has 24 heavy (non-hydrogen) atoms. The first-order valence-electron chi connectivity index (χ1n) is 7.63. The molecule has 0 aliphatic heterocycles. The first-order valence-corrected chi connectivity index (χ1v) is 7.63. The number of ketones is 1. The van der Waals surface area contributed by atoms with Gasteiger partial charge in [-0.3, -0.25) is 9.59 Å². The summed E-state index contributed by atoms with van der Waals surface area (Å²) >= 11 is 0. The van der Waals surface area contributed by atoms with Gasteiger partial charge in [0, 0.05) is 16.9 Å². The summed E-state index contributed by atoms with van der Waals surface area (Å²) in [6.45, 7) is 6.79. The van der Waals surface area contributed by atoms with Crippen molar-refractivity contribution in [1.29, 1.82) is 0 Å². The summed E-state index contributed by atoms with van der Waals surface area (Å²) < 4.78 is 0. The fourth-order valence-corrected chi connectivity index (χ4v) is 2.82. The second-order valence-electron chi connectivity index (χ2n) is 5.68. The van der Waals surface area contributed by atoms with Crippen LogP contribution in [-0.4, -0.2) is 27.8 Å². The predicted molar refractivity (Wildman–Crippen MR) is 91.0 cm³/mol. The summed E-state index contributed by atoms with van der Waals surface area (Å²) in [5.41, 5.74) is 3.33. The molecule has 0 aliphatic carbocycles. The Morgan fingerprint density at radius 3 is 2.42 bits per heavy atom. The summed E-state index contributed by atoms with van der Waals surface area (Å²) in [6, 6.07) is 4.70. The Morgan fingerprint density at radius 1 is 1.21 bits per heavy atom. The number of aryl methyl sites for hydroxylation is 2. The van der Waals surface area contributed by atoms with Crippen molar-refractivity contribution in [3.63, 3.8) is 0 Å². The van der Waals surface area contributed by atoms with Crippen molar-refractivity contribution in [2.45, 2.75) is 34.1 Å². The third-order valence-corrected chi connectivity index (χ3v) is 3.95. The molecular formula is C18H20N2O4. The lowest BCUT2D eigenvalue weighted by atomic mass is 10.0. The highest BCUT2D eigenvalue weighted by molar-refractivity contribution is 6.08. The molecule has 0 unspecified atom stereocenters. The predicted octanol–water partition coefficient (Wildman–Crippen LogP) is 3.35. The highest BCUT2D eigenvalue weighted by Crippen LogP contribution is 2.22. The number of rotatable bonds is 5. The van der Waals surface area contributed by atoms with Crippen LogP contribution < -0.4 is 5.32 Å². The zero-order valence-electron chi connectivity index (χ0n) is 14.1. The number of aromatic nitrogens is 1. The SMILES string of the molecule is CCc1c(C(=O)Nc2ccc(C)c(C(=O)O)c2)[nH]c(C)c1C(C)=O. The van der Waals surface area contributed by atoms with Crippen LogP contribution in [0, 0.1) is 13.8 Å². The number of carbonyl (C=O) groups excluding carboxylic acids is 2. The molecule has 2 rings (SSSR count). The largest absolute Gasteiger partial charge is 0.478 e. The number of hydrogen-bond acceptors (Lipinski definition) is 3. The van der Waals surface area contributed by atoms with E-state index in [1.807, 2.05) is 6.92 Å². The molecule has 1 heterocycles. The van der Waals surface area contributed by atoms with Gasteiger partial charge in [-0.2, -0.15) is 0 Å². The molecule has 0 fully saturated rings. The highest BCUT2D eigenvalue weighted by atomic mass is 16.4. The molecule has 6 heteroatoms. The van der Waals surface area contributed by atoms with E-state index in [1.165, 1.54) is 13.0 Å². The lowest BCUT2D eigenvalue weighted by molar-refractivity contribution is 0.0695. The van der Waals surface area contributed by atoms with Crippen molar-refractivity contribution in [1.82, 2.24) is 4.98 Å². The zero-order chi connectivity index (χ0) is 18.0. The number of aromatic carboxylic acids is 1. The minimum atomic E-state index is -1.05. The molecule has 0 aliphatic rings. The van der Waals surface area contributed by atoms with Gasteiger partial charge in [0.1, 0.15) is 5.69 Å². The molecule has 3 N–H and O–H groups in total. The van der Waals surface area contributed by atoms with Crippen LogP contribution >= 0.6 is 0 Å². The number of benzene rings is 1. The Bertz CT molecular complexity index is 834. The van der Waals surface area contributed by atoms with Crippen LogP contribution in [0.2, 0.25) is 0 Å². The van der Waals surface area contributed by atoms with Gasteiger partial charge in [-0.25, -0.2) is 4.79 Å². The van der Waals surface area contributed by atoms with Gasteiger partial charge in [-0.15, -0.1) is 0 Å². The second-order valence-corrected chi connectivity index (χ2v) is 5.68. The molecule has 2 aromatic rings. The summed E-state index contributed by atoms with van der Waals surface area (Å²) in [5.74, 6) is -1.54. The van der Waals surface area contributed by atoms with Crippen LogP contribution in [0.3, 0.4) is 0 Å². The van der Waals surface area contributed by atoms with Crippen LogP contribution in [0.25, 0.3) is 0 Å². The fourth-order valence-electron chi connectivity index (χ4n) is 2.82. The Kier molecular flexibility index (Phi) is 4.87. The first kappa shape index (κ1) is 17.5. The maximum atomic E-state index is 12.5. The van der Waals surface area contributed by atoms with Crippen molar-refractivity contribution >= 4 is 23.3 Å². The number of H-pyrrole nitrogens is 1. The van der Waals surface area contributed by atoms with E-state index in [1.54, 1.807) is 26.0 Å². The number of hydrogen-bond donors (Lipinski definition) is 3. The first-order chi connectivity index (χ1) is 11.3. The van der Waals surface area contributed by atoms with Crippen LogP contribution in [0.1, 0.15) is 61.9 Å². The van der Waals surface area contributed by atoms with Crippen LogP contribution in [0.5, 0.6) is 0 Å². The number of nitrogens with one attached hydrogen (secondary N) is 2. The third-order valence-electron chi connectivity index (χ3n) is 3.95. The maximum absolute atomic E-state index is 12.5. The summed E-state index contributed by atoms with van der Waals surface area (Å²) in [6.07, 6.45) is 0.538. The van der Waals surface area contributed by atoms with E-state index in [0.29, 0.717) is 40.2 Å². The average Bonchev–Trinajstić information content (AvgIpc) is 2.85. The van der Waals surface area contributed by atoms with E-state index in [0.717, 1.165) is 0 Å². The maximum Gasteiger partial charge on any atom is 0.336 e. The van der Waals surface area contributed by atoms with Crippen molar-refractivity contribution in [2.75, 3.05) is 5.32 Å². The molecule has 6 nitrogen and oxygen atoms in total. The topological polar surface area (TPSA) is 99.3 Å². The van der Waals surface area contributed by atoms with Gasteiger partial charge < -0.3 is 15.4 Å². The number of Topliss-reactive ketones (excluding diaryl/α,β-unsaturated/α-hetero) is 1. The number of carbonyl (C=O) groups is 3. The molecule has 1 aromatic heterocycles. The van der Waals surface area contributed by atoms with E-state index >= 15 is 0 Å². The van der Waals surface area contributed by atoms with Crippen LogP contribution in [0.15, 0.2) is 18.2 Å². The lowest BCUT2D eigenvalue weighted by Gasteiger charge is -2.08. The smallest absolute Gasteiger partial charge is 0.336 e. The normalized spacial score (nSPS) is 10.5. The molecule has 0 saturated carbocycles. The zero-order valence-corrected chi connectivity index (χ0v) is 14.1. The number of anilines is 1. The van der Waals surface area contributed by atoms with Crippen molar-refractivity contribution in [3.8, 4) is 0 Å². The van der Waals surface area contributed by atoms with Gasteiger partial charge in [0.2, 0.25) is 0 Å². The molecule has 126 valence electrons. The molecule has 0 saturated heterocycles. The van der Waals surface area contributed by atoms with Gasteiger partial charge in [0.15, 0.2) is 5.78 Å². The Labute approximate surface area is 139 Å². The lowest BCUT2D eigenvalue weighted by Crippen LogP contribution is -2.15. The monoisotopic (exact) mass is 328 g/mol. The van der Waals surface area contributed by atoms with Crippen LogP contribution in [0.4, 0.5) is 5.69 Å². The van der Waals surface area contributed by atoms with E-state index in [4.69, 9.17) is 5.11 Å². The molecule has 1 amide bonds. The van der Waals surface area contributed by atoms with E-state index in [9.17, 15) is 14.4 Å². The minimum Gasteiger partial charge on any atom is -0.478 e. The number of aromatic amines is 1. The summed E-state index contributed by atoms with van der Waals surface area (Å²) in [4.78, 5) is 38.5. The van der Waals surface area contributed by atoms with E-state index in [-0.39, 0.29) is 11.3 Å². The van der Waals surface area contributed by atoms with Crippen LogP contribution in [-0.2, 0) is 6.42 Å². The van der Waals surface area contributed by atoms with Gasteiger partial charge in [-0.1, -0.05) is 13.0 Å². The number of carboxylic acids is 1. The van der Waals surface area contributed by atoms with Crippen molar-refractivity contribution < 1.29 is 19.5 Å². The standard InChI is InChI=1S/C18H20N2O4/c1-5-13-15(11(4)21)10(3)19-16(13)17(22)20-12-7-6-9(2)14(8-12)18(23)24/h6-8,19H,5H2,1-4H3,(H,20,22)(H,23,24). The molecule has 1 aromatic carbocycles. The fraction of sp³-hybridized carbons (Fsp3) is 0.278. The number of amides is 1. The van der Waals surface area contributed by atoms with Gasteiger partial charge in [0.05, 0.1) is 5.56 Å². The van der Waals surface area contributed by atoms with Gasteiger partial charge in [0.25, 0.3) is 5.91 Å². The molecular weight excluding hydrogens is 308 g/mol. The van der Waals surface area contributed by atoms with E-state index < -0.39 is 11.9 Å². The Hall–Kier alpha value is -2.89. The van der Waals surface area contributed by atoms with Crippen molar-refractivity contribution in [3.05, 3.63) is 51.8 Å². The number of carboxylic acid groups (broad SMARTS) is 1. The molecule has 0 radical (unpaired) electrons. The average molecular weight is 328 g/mol. The van der Waals surface area contributed by atoms with Gasteiger partial charge in [-0.05, 0) is 50.5 Å². The molecule has 0 spiro atoms. The molecule has 0 bridgehead atoms. The van der Waals surface area contributed by atoms with Gasteiger partial charge >= 0.3 is 5.97 Å². The molecule has 0 atom stereocenters.